The predicted molar refractivity (Wildman–Crippen MR) is 106 cm³/mol. The smallest absolute Gasteiger partial charge is 0.262 e. The van der Waals surface area contributed by atoms with Gasteiger partial charge < -0.3 is 25.4 Å². The van der Waals surface area contributed by atoms with Gasteiger partial charge in [-0.1, -0.05) is 0 Å². The molecule has 4 rings (SSSR count). The number of anilines is 3. The fourth-order valence-corrected chi connectivity index (χ4v) is 3.53. The van der Waals surface area contributed by atoms with Crippen LogP contribution in [0.4, 0.5) is 17.6 Å². The minimum atomic E-state index is -0.335. The van der Waals surface area contributed by atoms with Gasteiger partial charge in [-0.05, 0) is 43.7 Å². The van der Waals surface area contributed by atoms with Crippen LogP contribution in [0.5, 0.6) is 5.88 Å². The van der Waals surface area contributed by atoms with Crippen LogP contribution in [-0.4, -0.2) is 41.9 Å². The van der Waals surface area contributed by atoms with Crippen LogP contribution in [0.1, 0.15) is 26.2 Å². The zero-order valence-corrected chi connectivity index (χ0v) is 15.5. The Labute approximate surface area is 161 Å². The Morgan fingerprint density at radius 3 is 2.86 bits per heavy atom. The van der Waals surface area contributed by atoms with Gasteiger partial charge in [-0.2, -0.15) is 4.98 Å². The summed E-state index contributed by atoms with van der Waals surface area (Å²) >= 11 is 0. The largest absolute Gasteiger partial charge is 0.493 e. The minimum absolute atomic E-state index is 0.0488. The standard InChI is InChI=1S/C19H22N6O3/c1-2-25-8-6-11-9-14(23-19-20-7-5-15(27)24-19)22-17(16(11)18(25)28)21-12-3-4-13(26)10-12/h5-9,12-13,26H,2-4,10H2,1H3,(H3,20,21,22,23,24,27)/t12-,13+/m1/s1. The molecule has 1 aliphatic rings. The number of aliphatic hydroxyl groups is 1. The van der Waals surface area contributed by atoms with Crippen molar-refractivity contribution >= 4 is 28.4 Å². The van der Waals surface area contributed by atoms with Crippen LogP contribution in [0.15, 0.2) is 35.4 Å². The monoisotopic (exact) mass is 382 g/mol. The number of hydrogen-bond acceptors (Lipinski definition) is 8. The lowest BCUT2D eigenvalue weighted by Gasteiger charge is -2.17. The van der Waals surface area contributed by atoms with E-state index in [0.29, 0.717) is 30.0 Å². The molecule has 9 heteroatoms. The van der Waals surface area contributed by atoms with Crippen molar-refractivity contribution < 1.29 is 10.2 Å². The van der Waals surface area contributed by atoms with E-state index in [2.05, 4.69) is 25.6 Å². The third-order valence-electron chi connectivity index (χ3n) is 4.93. The van der Waals surface area contributed by atoms with E-state index in [1.54, 1.807) is 16.8 Å². The Morgan fingerprint density at radius 2 is 2.14 bits per heavy atom. The number of aromatic hydroxyl groups is 1. The lowest BCUT2D eigenvalue weighted by Crippen LogP contribution is -2.23. The van der Waals surface area contributed by atoms with Gasteiger partial charge in [0.25, 0.3) is 5.56 Å². The maximum Gasteiger partial charge on any atom is 0.262 e. The molecule has 0 amide bonds. The molecule has 0 aromatic carbocycles. The normalized spacial score (nSPS) is 19.1. The quantitative estimate of drug-likeness (QED) is 0.528. The molecular formula is C19H22N6O3. The average Bonchev–Trinajstić information content (AvgIpc) is 3.06. The number of rotatable bonds is 5. The van der Waals surface area contributed by atoms with E-state index >= 15 is 0 Å². The Morgan fingerprint density at radius 1 is 1.29 bits per heavy atom. The zero-order valence-electron chi connectivity index (χ0n) is 15.5. The van der Waals surface area contributed by atoms with Crippen LogP contribution >= 0.6 is 0 Å². The summed E-state index contributed by atoms with van der Waals surface area (Å²) in [5, 5.41) is 26.9. The molecule has 0 bridgehead atoms. The third kappa shape index (κ3) is 3.61. The minimum Gasteiger partial charge on any atom is -0.493 e. The van der Waals surface area contributed by atoms with Gasteiger partial charge in [-0.3, -0.25) is 4.79 Å². The maximum atomic E-state index is 12.9. The molecule has 3 aromatic heterocycles. The lowest BCUT2D eigenvalue weighted by atomic mass is 10.1. The third-order valence-corrected chi connectivity index (χ3v) is 4.93. The van der Waals surface area contributed by atoms with Gasteiger partial charge in [-0.25, -0.2) is 9.97 Å². The number of nitrogens with one attached hydrogen (secondary N) is 2. The Balaban J connectivity index is 1.78. The number of aliphatic hydroxyl groups excluding tert-OH is 1. The fraction of sp³-hybridized carbons (Fsp3) is 0.368. The van der Waals surface area contributed by atoms with E-state index in [4.69, 9.17) is 0 Å². The molecule has 0 aliphatic heterocycles. The SMILES string of the molecule is CCn1ccc2cc(Nc3nccc(O)n3)nc(N[C@@H]3CC[C@H](O)C3)c2c1=O. The van der Waals surface area contributed by atoms with Gasteiger partial charge in [0.2, 0.25) is 11.8 Å². The van der Waals surface area contributed by atoms with Crippen LogP contribution in [0, 0.1) is 0 Å². The molecule has 0 saturated heterocycles. The molecule has 4 N–H and O–H groups in total. The van der Waals surface area contributed by atoms with Crippen LogP contribution in [0.25, 0.3) is 10.8 Å². The molecule has 3 heterocycles. The van der Waals surface area contributed by atoms with Crippen molar-refractivity contribution in [3.63, 3.8) is 0 Å². The van der Waals surface area contributed by atoms with Crippen LogP contribution in [0.3, 0.4) is 0 Å². The Kier molecular flexibility index (Phi) is 4.82. The van der Waals surface area contributed by atoms with Crippen LogP contribution in [0.2, 0.25) is 0 Å². The summed E-state index contributed by atoms with van der Waals surface area (Å²) in [6, 6.07) is 5.04. The molecule has 2 atom stereocenters. The summed E-state index contributed by atoms with van der Waals surface area (Å²) in [6.45, 7) is 2.48. The molecule has 0 unspecified atom stereocenters. The highest BCUT2D eigenvalue weighted by Gasteiger charge is 2.24. The second-order valence-electron chi connectivity index (χ2n) is 6.90. The van der Waals surface area contributed by atoms with E-state index in [9.17, 15) is 15.0 Å². The molecule has 28 heavy (non-hydrogen) atoms. The molecule has 146 valence electrons. The molecule has 0 radical (unpaired) electrons. The molecule has 0 spiro atoms. The first-order chi connectivity index (χ1) is 13.5. The Bertz CT molecular complexity index is 1070. The van der Waals surface area contributed by atoms with Gasteiger partial charge in [0.1, 0.15) is 11.6 Å². The van der Waals surface area contributed by atoms with Crippen molar-refractivity contribution in [2.24, 2.45) is 0 Å². The van der Waals surface area contributed by atoms with Gasteiger partial charge in [-0.15, -0.1) is 0 Å². The summed E-state index contributed by atoms with van der Waals surface area (Å²) in [7, 11) is 0. The van der Waals surface area contributed by atoms with Crippen LogP contribution < -0.4 is 16.2 Å². The van der Waals surface area contributed by atoms with Crippen LogP contribution in [-0.2, 0) is 6.54 Å². The molecular weight excluding hydrogens is 360 g/mol. The van der Waals surface area contributed by atoms with Gasteiger partial charge in [0.05, 0.1) is 11.5 Å². The Hall–Kier alpha value is -3.20. The lowest BCUT2D eigenvalue weighted by molar-refractivity contribution is 0.182. The maximum absolute atomic E-state index is 12.9. The number of pyridine rings is 2. The summed E-state index contributed by atoms with van der Waals surface area (Å²) in [6.07, 6.45) is 5.01. The van der Waals surface area contributed by atoms with E-state index < -0.39 is 0 Å². The summed E-state index contributed by atoms with van der Waals surface area (Å²) in [5.41, 5.74) is -0.117. The van der Waals surface area contributed by atoms with Crippen molar-refractivity contribution in [3.8, 4) is 5.88 Å². The second kappa shape index (κ2) is 7.43. The second-order valence-corrected chi connectivity index (χ2v) is 6.90. The first-order valence-corrected chi connectivity index (χ1v) is 9.31. The zero-order chi connectivity index (χ0) is 19.7. The van der Waals surface area contributed by atoms with E-state index in [1.807, 2.05) is 13.0 Å². The fourth-order valence-electron chi connectivity index (χ4n) is 3.53. The van der Waals surface area contributed by atoms with Gasteiger partial charge in [0.15, 0.2) is 0 Å². The van der Waals surface area contributed by atoms with Crippen molar-refractivity contribution in [2.75, 3.05) is 10.6 Å². The first kappa shape index (κ1) is 18.2. The summed E-state index contributed by atoms with van der Waals surface area (Å²) in [5.74, 6) is 0.971. The highest BCUT2D eigenvalue weighted by Crippen LogP contribution is 2.28. The van der Waals surface area contributed by atoms with Gasteiger partial charge >= 0.3 is 0 Å². The number of hydrogen-bond donors (Lipinski definition) is 4. The van der Waals surface area contributed by atoms with Crippen molar-refractivity contribution in [1.82, 2.24) is 19.5 Å². The van der Waals surface area contributed by atoms with Crippen molar-refractivity contribution in [2.45, 2.75) is 44.9 Å². The topological polar surface area (TPSA) is 125 Å². The number of aryl methyl sites for hydroxylation is 1. The summed E-state index contributed by atoms with van der Waals surface area (Å²) < 4.78 is 1.63. The van der Waals surface area contributed by atoms with Crippen molar-refractivity contribution in [1.29, 1.82) is 0 Å². The molecule has 1 fully saturated rings. The summed E-state index contributed by atoms with van der Waals surface area (Å²) in [4.78, 5) is 25.4. The van der Waals surface area contributed by atoms with Crippen molar-refractivity contribution in [3.05, 3.63) is 40.9 Å². The molecule has 1 saturated carbocycles. The molecule has 1 aliphatic carbocycles. The predicted octanol–water partition coefficient (Wildman–Crippen LogP) is 1.98. The molecule has 3 aromatic rings. The highest BCUT2D eigenvalue weighted by molar-refractivity contribution is 5.93. The molecule has 9 nitrogen and oxygen atoms in total. The van der Waals surface area contributed by atoms with E-state index in [-0.39, 0.29) is 29.5 Å². The number of aromatic nitrogens is 4. The van der Waals surface area contributed by atoms with Gasteiger partial charge in [0, 0.05) is 31.0 Å². The van der Waals surface area contributed by atoms with E-state index in [0.717, 1.165) is 18.2 Å². The van der Waals surface area contributed by atoms with E-state index in [1.165, 1.54) is 12.3 Å². The number of fused-ring (bicyclic) bond motifs is 1. The number of nitrogens with zero attached hydrogens (tertiary/aromatic N) is 4. The average molecular weight is 382 g/mol. The first-order valence-electron chi connectivity index (χ1n) is 9.31. The highest BCUT2D eigenvalue weighted by atomic mass is 16.3.